The van der Waals surface area contributed by atoms with E-state index in [0.717, 1.165) is 18.7 Å². The number of nitrogens with one attached hydrogen (secondary N) is 2. The Morgan fingerprint density at radius 3 is 2.59 bits per heavy atom. The van der Waals surface area contributed by atoms with Crippen LogP contribution in [-0.2, 0) is 9.47 Å². The van der Waals surface area contributed by atoms with Crippen LogP contribution in [0.3, 0.4) is 0 Å². The van der Waals surface area contributed by atoms with Gasteiger partial charge in [-0.05, 0) is 42.8 Å². The lowest BCUT2D eigenvalue weighted by molar-refractivity contribution is 0.0920. The number of amides is 2. The fraction of sp³-hybridized carbons (Fsp3) is 0.316. The van der Waals surface area contributed by atoms with E-state index in [2.05, 4.69) is 5.32 Å². The summed E-state index contributed by atoms with van der Waals surface area (Å²) in [6.07, 6.45) is -0.0383. The van der Waals surface area contributed by atoms with Crippen LogP contribution in [0.2, 0.25) is 4.34 Å². The van der Waals surface area contributed by atoms with E-state index in [1.54, 1.807) is 17.0 Å². The van der Waals surface area contributed by atoms with E-state index in [9.17, 15) is 9.59 Å². The van der Waals surface area contributed by atoms with Crippen molar-refractivity contribution in [1.29, 1.82) is 5.41 Å². The number of cyclic esters (lactones) is 1. The fourth-order valence-corrected chi connectivity index (χ4v) is 4.16. The van der Waals surface area contributed by atoms with Gasteiger partial charge in [0.2, 0.25) is 0 Å². The van der Waals surface area contributed by atoms with Gasteiger partial charge in [0.25, 0.3) is 11.9 Å². The largest absolute Gasteiger partial charge is 0.465 e. The lowest BCUT2D eigenvalue weighted by atomic mass is 10.2. The number of hydrogen-bond acceptors (Lipinski definition) is 6. The van der Waals surface area contributed by atoms with Gasteiger partial charge >= 0.3 is 6.09 Å². The number of rotatable bonds is 5. The zero-order valence-electron chi connectivity index (χ0n) is 15.4. The summed E-state index contributed by atoms with van der Waals surface area (Å²) in [4.78, 5) is 28.2. The smallest absolute Gasteiger partial charge is 0.414 e. The van der Waals surface area contributed by atoms with Crippen LogP contribution in [0.1, 0.15) is 16.1 Å². The van der Waals surface area contributed by atoms with Gasteiger partial charge in [-0.15, -0.1) is 11.3 Å². The molecule has 0 radical (unpaired) electrons. The Morgan fingerprint density at radius 2 is 1.93 bits per heavy atom. The summed E-state index contributed by atoms with van der Waals surface area (Å²) >= 11 is 7.04. The van der Waals surface area contributed by atoms with Crippen molar-refractivity contribution in [2.24, 2.45) is 0 Å². The van der Waals surface area contributed by atoms with Gasteiger partial charge in [0, 0.05) is 17.9 Å². The van der Waals surface area contributed by atoms with Gasteiger partial charge in [-0.1, -0.05) is 11.6 Å². The third kappa shape index (κ3) is 4.30. The molecule has 152 valence electrons. The summed E-state index contributed by atoms with van der Waals surface area (Å²) in [5.74, 6) is -0.244. The van der Waals surface area contributed by atoms with E-state index in [1.807, 2.05) is 24.3 Å². The normalized spacial score (nSPS) is 19.1. The second kappa shape index (κ2) is 8.30. The molecule has 2 amide bonds. The number of ether oxygens (including phenoxy) is 2. The minimum atomic E-state index is -0.454. The van der Waals surface area contributed by atoms with E-state index in [1.165, 1.54) is 16.2 Å². The Morgan fingerprint density at radius 1 is 1.21 bits per heavy atom. The second-order valence-corrected chi connectivity index (χ2v) is 8.32. The molecule has 0 unspecified atom stereocenters. The first-order valence-corrected chi connectivity index (χ1v) is 10.3. The average Bonchev–Trinajstić information content (AvgIpc) is 3.32. The molecule has 1 atom stereocenters. The Balaban J connectivity index is 1.35. The van der Waals surface area contributed by atoms with Crippen LogP contribution in [0, 0.1) is 5.41 Å². The van der Waals surface area contributed by atoms with Crippen LogP contribution in [0.5, 0.6) is 0 Å². The van der Waals surface area contributed by atoms with Crippen molar-refractivity contribution in [3.63, 3.8) is 0 Å². The molecule has 29 heavy (non-hydrogen) atoms. The number of anilines is 2. The molecular formula is C19H19ClN4O4S. The van der Waals surface area contributed by atoms with E-state index in [4.69, 9.17) is 26.5 Å². The molecule has 2 N–H and O–H groups in total. The first-order valence-electron chi connectivity index (χ1n) is 9.12. The van der Waals surface area contributed by atoms with Gasteiger partial charge in [0.15, 0.2) is 0 Å². The van der Waals surface area contributed by atoms with Crippen LogP contribution in [0.4, 0.5) is 16.2 Å². The van der Waals surface area contributed by atoms with Crippen LogP contribution in [0.25, 0.3) is 0 Å². The topological polar surface area (TPSA) is 95.0 Å². The lowest BCUT2D eigenvalue weighted by Gasteiger charge is -2.29. The van der Waals surface area contributed by atoms with Gasteiger partial charge in [-0.25, -0.2) is 4.79 Å². The highest BCUT2D eigenvalue weighted by molar-refractivity contribution is 7.18. The number of carbonyl (C=O) groups is 2. The third-order valence-corrected chi connectivity index (χ3v) is 5.87. The molecule has 1 aromatic carbocycles. The minimum absolute atomic E-state index is 0.132. The molecule has 0 saturated carbocycles. The van der Waals surface area contributed by atoms with Gasteiger partial charge in [0.1, 0.15) is 6.10 Å². The maximum absolute atomic E-state index is 12.3. The zero-order valence-corrected chi connectivity index (χ0v) is 17.0. The molecular weight excluding hydrogens is 416 g/mol. The van der Waals surface area contributed by atoms with E-state index in [-0.39, 0.29) is 18.5 Å². The van der Waals surface area contributed by atoms with Crippen LogP contribution in [-0.4, -0.2) is 50.4 Å². The van der Waals surface area contributed by atoms with Crippen LogP contribution < -0.4 is 15.1 Å². The van der Waals surface area contributed by atoms with Crippen molar-refractivity contribution in [1.82, 2.24) is 5.32 Å². The summed E-state index contributed by atoms with van der Waals surface area (Å²) in [6.45, 7) is 1.84. The molecule has 3 heterocycles. The zero-order chi connectivity index (χ0) is 20.4. The first kappa shape index (κ1) is 19.5. The number of thiophene rings is 1. The summed E-state index contributed by atoms with van der Waals surface area (Å²) in [5, 5.41) is 10.7. The summed E-state index contributed by atoms with van der Waals surface area (Å²) in [7, 11) is 0. The predicted octanol–water partition coefficient (Wildman–Crippen LogP) is 3.32. The molecule has 4 rings (SSSR count). The predicted molar refractivity (Wildman–Crippen MR) is 111 cm³/mol. The van der Waals surface area contributed by atoms with E-state index >= 15 is 0 Å². The van der Waals surface area contributed by atoms with Crippen LogP contribution >= 0.6 is 22.9 Å². The first-order chi connectivity index (χ1) is 14.0. The second-order valence-electron chi connectivity index (χ2n) is 6.61. The van der Waals surface area contributed by atoms with Crippen molar-refractivity contribution in [2.45, 2.75) is 12.5 Å². The Labute approximate surface area is 176 Å². The molecule has 2 aliphatic rings. The van der Waals surface area contributed by atoms with Crippen molar-refractivity contribution < 1.29 is 19.1 Å². The molecule has 0 spiro atoms. The van der Waals surface area contributed by atoms with Crippen molar-refractivity contribution >= 4 is 52.3 Å². The standard InChI is InChI=1S/C19H19ClN4O4S/c20-16-7-6-15(29-16)17(25)22-10-14-11-24(19(26)28-14)13-4-2-12(3-5-13)23-8-1-9-27-18(23)21/h2-7,14,21H,1,8-11H2,(H,22,25)/t14-/m0/s1. The average molecular weight is 435 g/mol. The Bertz CT molecular complexity index is 933. The minimum Gasteiger partial charge on any atom is -0.465 e. The number of amidine groups is 1. The van der Waals surface area contributed by atoms with Gasteiger partial charge < -0.3 is 14.8 Å². The maximum Gasteiger partial charge on any atom is 0.414 e. The van der Waals surface area contributed by atoms with Crippen molar-refractivity contribution in [3.05, 3.63) is 45.6 Å². The molecule has 8 nitrogen and oxygen atoms in total. The monoisotopic (exact) mass is 434 g/mol. The van der Waals surface area contributed by atoms with Gasteiger partial charge in [-0.3, -0.25) is 20.0 Å². The SMILES string of the molecule is N=C1OCCCN1c1ccc(N2C[C@H](CNC(=O)c3ccc(Cl)s3)OC2=O)cc1. The molecule has 2 saturated heterocycles. The summed E-state index contributed by atoms with van der Waals surface area (Å²) in [5.41, 5.74) is 1.53. The highest BCUT2D eigenvalue weighted by Gasteiger charge is 2.32. The molecule has 0 aliphatic carbocycles. The molecule has 1 aromatic heterocycles. The van der Waals surface area contributed by atoms with Crippen LogP contribution in [0.15, 0.2) is 36.4 Å². The number of halogens is 1. The van der Waals surface area contributed by atoms with Gasteiger partial charge in [-0.2, -0.15) is 0 Å². The Kier molecular flexibility index (Phi) is 5.59. The van der Waals surface area contributed by atoms with Crippen molar-refractivity contribution in [2.75, 3.05) is 36.0 Å². The lowest BCUT2D eigenvalue weighted by Crippen LogP contribution is -2.38. The summed E-state index contributed by atoms with van der Waals surface area (Å²) < 4.78 is 11.2. The molecule has 0 bridgehead atoms. The number of benzene rings is 1. The molecule has 10 heteroatoms. The fourth-order valence-electron chi connectivity index (χ4n) is 3.20. The number of carbonyl (C=O) groups excluding carboxylic acids is 2. The number of nitrogens with zero attached hydrogens (tertiary/aromatic N) is 2. The van der Waals surface area contributed by atoms with Gasteiger partial charge in [0.05, 0.1) is 28.9 Å². The Hall–Kier alpha value is -2.78. The number of hydrogen-bond donors (Lipinski definition) is 2. The third-order valence-electron chi connectivity index (χ3n) is 4.64. The quantitative estimate of drug-likeness (QED) is 0.752. The summed E-state index contributed by atoms with van der Waals surface area (Å²) in [6, 6.07) is 10.8. The molecule has 2 aromatic rings. The highest BCUT2D eigenvalue weighted by atomic mass is 35.5. The maximum atomic E-state index is 12.3. The molecule has 2 aliphatic heterocycles. The van der Waals surface area contributed by atoms with E-state index < -0.39 is 12.2 Å². The highest BCUT2D eigenvalue weighted by Crippen LogP contribution is 2.26. The molecule has 2 fully saturated rings. The van der Waals surface area contributed by atoms with Crippen molar-refractivity contribution in [3.8, 4) is 0 Å². The van der Waals surface area contributed by atoms with E-state index in [0.29, 0.717) is 28.1 Å².